The average molecular weight is 247 g/mol. The van der Waals surface area contributed by atoms with Gasteiger partial charge in [0.05, 0.1) is 13.2 Å². The summed E-state index contributed by atoms with van der Waals surface area (Å²) in [6, 6.07) is 8.49. The second kappa shape index (κ2) is 4.90. The number of rotatable bonds is 3. The standard InChI is InChI=1S/C15H21NO2/c1-18-13-4-2-3-11(9-13)10-14-15(17)12-5-7-16(14)8-6-12/h2-4,9,12,14-15,17H,5-8,10H2,1H3. The third-order valence-electron chi connectivity index (χ3n) is 4.50. The zero-order valence-corrected chi connectivity index (χ0v) is 10.9. The van der Waals surface area contributed by atoms with Crippen LogP contribution in [0, 0.1) is 5.92 Å². The van der Waals surface area contributed by atoms with Gasteiger partial charge in [-0.1, -0.05) is 12.1 Å². The van der Waals surface area contributed by atoms with Gasteiger partial charge < -0.3 is 9.84 Å². The molecule has 3 heterocycles. The summed E-state index contributed by atoms with van der Waals surface area (Å²) >= 11 is 0. The van der Waals surface area contributed by atoms with E-state index in [2.05, 4.69) is 17.0 Å². The fourth-order valence-corrected chi connectivity index (χ4v) is 3.41. The van der Waals surface area contributed by atoms with Gasteiger partial charge in [-0.25, -0.2) is 0 Å². The van der Waals surface area contributed by atoms with E-state index in [1.807, 2.05) is 12.1 Å². The first kappa shape index (κ1) is 12.0. The SMILES string of the molecule is COc1cccc(CC2C(O)C3CCN2CC3)c1. The van der Waals surface area contributed by atoms with Crippen LogP contribution in [0.15, 0.2) is 24.3 Å². The molecule has 2 unspecified atom stereocenters. The molecule has 98 valence electrons. The number of hydrogen-bond donors (Lipinski definition) is 1. The highest BCUT2D eigenvalue weighted by Gasteiger charge is 2.40. The smallest absolute Gasteiger partial charge is 0.119 e. The van der Waals surface area contributed by atoms with Crippen molar-refractivity contribution in [3.63, 3.8) is 0 Å². The molecule has 1 aromatic rings. The Morgan fingerprint density at radius 1 is 1.33 bits per heavy atom. The van der Waals surface area contributed by atoms with Crippen molar-refractivity contribution < 1.29 is 9.84 Å². The molecular formula is C15H21NO2. The van der Waals surface area contributed by atoms with E-state index in [1.165, 1.54) is 5.56 Å². The fourth-order valence-electron chi connectivity index (χ4n) is 3.41. The van der Waals surface area contributed by atoms with Crippen LogP contribution in [0.3, 0.4) is 0 Å². The number of methoxy groups -OCH3 is 1. The van der Waals surface area contributed by atoms with Crippen molar-refractivity contribution in [1.29, 1.82) is 0 Å². The predicted octanol–water partition coefficient (Wildman–Crippen LogP) is 1.69. The maximum atomic E-state index is 10.4. The summed E-state index contributed by atoms with van der Waals surface area (Å²) in [6.07, 6.45) is 3.10. The normalized spacial score (nSPS) is 34.6. The minimum atomic E-state index is -0.154. The highest BCUT2D eigenvalue weighted by Crippen LogP contribution is 2.34. The molecule has 0 aromatic heterocycles. The first-order chi connectivity index (χ1) is 8.78. The molecule has 3 aliphatic heterocycles. The molecule has 0 radical (unpaired) electrons. The van der Waals surface area contributed by atoms with Crippen LogP contribution in [-0.4, -0.2) is 42.4 Å². The van der Waals surface area contributed by atoms with Crippen molar-refractivity contribution in [2.24, 2.45) is 5.92 Å². The van der Waals surface area contributed by atoms with Crippen molar-refractivity contribution in [1.82, 2.24) is 4.90 Å². The first-order valence-electron chi connectivity index (χ1n) is 6.83. The van der Waals surface area contributed by atoms with Crippen molar-refractivity contribution >= 4 is 0 Å². The number of piperidine rings is 3. The molecule has 18 heavy (non-hydrogen) atoms. The van der Waals surface area contributed by atoms with Gasteiger partial charge in [-0.2, -0.15) is 0 Å². The maximum absolute atomic E-state index is 10.4. The molecular weight excluding hydrogens is 226 g/mol. The van der Waals surface area contributed by atoms with Gasteiger partial charge >= 0.3 is 0 Å². The van der Waals surface area contributed by atoms with E-state index in [0.29, 0.717) is 12.0 Å². The van der Waals surface area contributed by atoms with Crippen LogP contribution in [0.25, 0.3) is 0 Å². The quantitative estimate of drug-likeness (QED) is 0.882. The van der Waals surface area contributed by atoms with E-state index in [0.717, 1.165) is 38.1 Å². The molecule has 0 spiro atoms. The maximum Gasteiger partial charge on any atom is 0.119 e. The number of aliphatic hydroxyl groups is 1. The molecule has 0 aliphatic carbocycles. The van der Waals surface area contributed by atoms with Crippen LogP contribution >= 0.6 is 0 Å². The van der Waals surface area contributed by atoms with E-state index in [1.54, 1.807) is 7.11 Å². The number of nitrogens with zero attached hydrogens (tertiary/aromatic N) is 1. The predicted molar refractivity (Wildman–Crippen MR) is 70.8 cm³/mol. The Morgan fingerprint density at radius 3 is 2.78 bits per heavy atom. The van der Waals surface area contributed by atoms with Crippen molar-refractivity contribution in [2.45, 2.75) is 31.4 Å². The molecule has 3 nitrogen and oxygen atoms in total. The second-order valence-corrected chi connectivity index (χ2v) is 5.49. The number of ether oxygens (including phenoxy) is 1. The van der Waals surface area contributed by atoms with Crippen LogP contribution in [0.4, 0.5) is 0 Å². The van der Waals surface area contributed by atoms with E-state index < -0.39 is 0 Å². The molecule has 0 amide bonds. The Morgan fingerprint density at radius 2 is 2.11 bits per heavy atom. The zero-order chi connectivity index (χ0) is 12.5. The highest BCUT2D eigenvalue weighted by molar-refractivity contribution is 5.29. The second-order valence-electron chi connectivity index (χ2n) is 5.49. The third-order valence-corrected chi connectivity index (χ3v) is 4.50. The van der Waals surface area contributed by atoms with E-state index in [9.17, 15) is 5.11 Å². The van der Waals surface area contributed by atoms with Crippen LogP contribution in [0.2, 0.25) is 0 Å². The first-order valence-corrected chi connectivity index (χ1v) is 6.83. The number of hydrogen-bond acceptors (Lipinski definition) is 3. The summed E-state index contributed by atoms with van der Waals surface area (Å²) in [7, 11) is 1.69. The number of benzene rings is 1. The van der Waals surface area contributed by atoms with E-state index >= 15 is 0 Å². The molecule has 3 aliphatic rings. The van der Waals surface area contributed by atoms with Crippen LogP contribution in [0.5, 0.6) is 5.75 Å². The zero-order valence-electron chi connectivity index (χ0n) is 10.9. The molecule has 1 aromatic carbocycles. The summed E-state index contributed by atoms with van der Waals surface area (Å²) in [6.45, 7) is 2.30. The van der Waals surface area contributed by atoms with Gasteiger partial charge in [0.25, 0.3) is 0 Å². The molecule has 3 saturated heterocycles. The Kier molecular flexibility index (Phi) is 3.27. The molecule has 2 atom stereocenters. The topological polar surface area (TPSA) is 32.7 Å². The van der Waals surface area contributed by atoms with Gasteiger partial charge in [0.1, 0.15) is 5.75 Å². The van der Waals surface area contributed by atoms with Gasteiger partial charge in [-0.05, 0) is 56.0 Å². The lowest BCUT2D eigenvalue weighted by atomic mass is 9.78. The fraction of sp³-hybridized carbons (Fsp3) is 0.600. The summed E-state index contributed by atoms with van der Waals surface area (Å²) in [5.41, 5.74) is 1.26. The molecule has 2 bridgehead atoms. The average Bonchev–Trinajstić information content (AvgIpc) is 2.43. The Hall–Kier alpha value is -1.06. The lowest BCUT2D eigenvalue weighted by molar-refractivity contribution is -0.0715. The minimum Gasteiger partial charge on any atom is -0.497 e. The van der Waals surface area contributed by atoms with Crippen LogP contribution in [-0.2, 0) is 6.42 Å². The summed E-state index contributed by atoms with van der Waals surface area (Å²) < 4.78 is 5.26. The number of fused-ring (bicyclic) bond motifs is 3. The summed E-state index contributed by atoms with van der Waals surface area (Å²) in [5.74, 6) is 1.42. The van der Waals surface area contributed by atoms with Crippen molar-refractivity contribution in [3.05, 3.63) is 29.8 Å². The van der Waals surface area contributed by atoms with E-state index in [4.69, 9.17) is 4.74 Å². The Bertz CT molecular complexity index is 411. The largest absolute Gasteiger partial charge is 0.497 e. The lowest BCUT2D eigenvalue weighted by Crippen LogP contribution is -2.58. The van der Waals surface area contributed by atoms with E-state index in [-0.39, 0.29) is 6.10 Å². The highest BCUT2D eigenvalue weighted by atomic mass is 16.5. The van der Waals surface area contributed by atoms with Crippen molar-refractivity contribution in [2.75, 3.05) is 20.2 Å². The number of aliphatic hydroxyl groups excluding tert-OH is 1. The Labute approximate surface area is 108 Å². The Balaban J connectivity index is 1.75. The van der Waals surface area contributed by atoms with Gasteiger partial charge in [0.15, 0.2) is 0 Å². The lowest BCUT2D eigenvalue weighted by Gasteiger charge is -2.49. The van der Waals surface area contributed by atoms with Crippen LogP contribution in [0.1, 0.15) is 18.4 Å². The van der Waals surface area contributed by atoms with Gasteiger partial charge in [-0.3, -0.25) is 4.90 Å². The van der Waals surface area contributed by atoms with Crippen molar-refractivity contribution in [3.8, 4) is 5.75 Å². The minimum absolute atomic E-state index is 0.154. The molecule has 0 saturated carbocycles. The van der Waals surface area contributed by atoms with Crippen LogP contribution < -0.4 is 4.74 Å². The molecule has 4 rings (SSSR count). The van der Waals surface area contributed by atoms with Gasteiger partial charge in [0, 0.05) is 6.04 Å². The molecule has 3 heteroatoms. The third kappa shape index (κ3) is 2.13. The molecule has 3 fully saturated rings. The van der Waals surface area contributed by atoms with Gasteiger partial charge in [-0.15, -0.1) is 0 Å². The van der Waals surface area contributed by atoms with Gasteiger partial charge in [0.2, 0.25) is 0 Å². The molecule has 1 N–H and O–H groups in total. The summed E-state index contributed by atoms with van der Waals surface area (Å²) in [4.78, 5) is 2.45. The monoisotopic (exact) mass is 247 g/mol. The summed E-state index contributed by atoms with van der Waals surface area (Å²) in [5, 5.41) is 10.4.